The third-order valence-corrected chi connectivity index (χ3v) is 4.49. The first-order valence-corrected chi connectivity index (χ1v) is 6.11. The molecule has 2 nitrogen and oxygen atoms in total. The quantitative estimate of drug-likeness (QED) is 0.727. The Kier molecular flexibility index (Phi) is 2.10. The topological polar surface area (TPSA) is 21.3 Å². The Labute approximate surface area is 86.4 Å². The molecule has 4 atom stereocenters. The van der Waals surface area contributed by atoms with Crippen LogP contribution in [0.3, 0.4) is 0 Å². The molecule has 0 amide bonds. The average molecular weight is 195 g/mol. The van der Waals surface area contributed by atoms with Crippen LogP contribution in [-0.4, -0.2) is 24.8 Å². The number of nitrogens with one attached hydrogen (secondary N) is 1. The molecule has 1 N–H and O–H groups in total. The molecule has 2 saturated carbocycles. The summed E-state index contributed by atoms with van der Waals surface area (Å²) in [4.78, 5) is 0. The van der Waals surface area contributed by atoms with E-state index in [-0.39, 0.29) is 5.54 Å². The van der Waals surface area contributed by atoms with E-state index in [1.165, 1.54) is 32.1 Å². The Morgan fingerprint density at radius 1 is 1.29 bits per heavy atom. The monoisotopic (exact) mass is 195 g/mol. The van der Waals surface area contributed by atoms with Crippen molar-refractivity contribution in [1.29, 1.82) is 0 Å². The minimum atomic E-state index is 0.287. The average Bonchev–Trinajstić information content (AvgIpc) is 2.80. The van der Waals surface area contributed by atoms with Gasteiger partial charge in [-0.25, -0.2) is 0 Å². The van der Waals surface area contributed by atoms with Gasteiger partial charge in [-0.15, -0.1) is 0 Å². The highest BCUT2D eigenvalue weighted by molar-refractivity contribution is 4.99. The van der Waals surface area contributed by atoms with Crippen LogP contribution in [0.1, 0.15) is 39.0 Å². The molecular weight excluding hydrogens is 174 g/mol. The Balaban J connectivity index is 1.62. The van der Waals surface area contributed by atoms with Crippen molar-refractivity contribution in [1.82, 2.24) is 5.32 Å². The first kappa shape index (κ1) is 9.17. The van der Waals surface area contributed by atoms with Crippen LogP contribution >= 0.6 is 0 Å². The fraction of sp³-hybridized carbons (Fsp3) is 1.00. The van der Waals surface area contributed by atoms with Gasteiger partial charge in [0.05, 0.1) is 6.61 Å². The molecule has 3 aliphatic rings. The first-order chi connectivity index (χ1) is 6.75. The molecule has 1 saturated heterocycles. The van der Waals surface area contributed by atoms with Crippen LogP contribution in [0.4, 0.5) is 0 Å². The summed E-state index contributed by atoms with van der Waals surface area (Å²) >= 11 is 0. The van der Waals surface area contributed by atoms with Gasteiger partial charge in [-0.2, -0.15) is 0 Å². The minimum Gasteiger partial charge on any atom is -0.379 e. The highest BCUT2D eigenvalue weighted by Crippen LogP contribution is 2.45. The second-order valence-corrected chi connectivity index (χ2v) is 5.79. The molecule has 80 valence electrons. The van der Waals surface area contributed by atoms with Crippen LogP contribution in [0.2, 0.25) is 0 Å². The van der Waals surface area contributed by atoms with E-state index in [0.29, 0.717) is 0 Å². The summed E-state index contributed by atoms with van der Waals surface area (Å²) in [6, 6.07) is 0.806. The van der Waals surface area contributed by atoms with Gasteiger partial charge in [0.25, 0.3) is 0 Å². The molecule has 2 aliphatic carbocycles. The Morgan fingerprint density at radius 3 is 2.79 bits per heavy atom. The van der Waals surface area contributed by atoms with Gasteiger partial charge >= 0.3 is 0 Å². The van der Waals surface area contributed by atoms with Crippen molar-refractivity contribution in [2.45, 2.75) is 50.6 Å². The molecule has 3 rings (SSSR count). The molecule has 0 spiro atoms. The standard InChI is InChI=1S/C12H21NO/c1-12(4-5-14-8-12)13-11-7-9-2-3-10(11)6-9/h9-11,13H,2-8H2,1H3. The largest absolute Gasteiger partial charge is 0.379 e. The molecule has 0 aromatic rings. The van der Waals surface area contributed by atoms with E-state index in [0.717, 1.165) is 31.1 Å². The van der Waals surface area contributed by atoms with Gasteiger partial charge in [-0.05, 0) is 44.4 Å². The molecule has 2 bridgehead atoms. The van der Waals surface area contributed by atoms with Crippen LogP contribution < -0.4 is 5.32 Å². The van der Waals surface area contributed by atoms with Crippen LogP contribution in [0.25, 0.3) is 0 Å². The molecule has 1 aliphatic heterocycles. The summed E-state index contributed by atoms with van der Waals surface area (Å²) in [6.45, 7) is 4.19. The Bertz CT molecular complexity index is 222. The van der Waals surface area contributed by atoms with Crippen LogP contribution in [-0.2, 0) is 4.74 Å². The van der Waals surface area contributed by atoms with E-state index < -0.39 is 0 Å². The van der Waals surface area contributed by atoms with Gasteiger partial charge in [0.15, 0.2) is 0 Å². The zero-order chi connectivity index (χ0) is 9.60. The number of hydrogen-bond acceptors (Lipinski definition) is 2. The van der Waals surface area contributed by atoms with Crippen molar-refractivity contribution < 1.29 is 4.74 Å². The molecule has 14 heavy (non-hydrogen) atoms. The van der Waals surface area contributed by atoms with Gasteiger partial charge < -0.3 is 10.1 Å². The van der Waals surface area contributed by atoms with Gasteiger partial charge in [-0.1, -0.05) is 6.42 Å². The molecular formula is C12H21NO. The van der Waals surface area contributed by atoms with Crippen molar-refractivity contribution in [2.75, 3.05) is 13.2 Å². The number of fused-ring (bicyclic) bond motifs is 2. The Hall–Kier alpha value is -0.0800. The van der Waals surface area contributed by atoms with Crippen molar-refractivity contribution in [3.63, 3.8) is 0 Å². The number of hydrogen-bond donors (Lipinski definition) is 1. The van der Waals surface area contributed by atoms with Gasteiger partial charge in [0, 0.05) is 18.2 Å². The van der Waals surface area contributed by atoms with Crippen molar-refractivity contribution in [3.8, 4) is 0 Å². The fourth-order valence-corrected chi connectivity index (χ4v) is 3.65. The third-order valence-electron chi connectivity index (χ3n) is 4.49. The number of ether oxygens (including phenoxy) is 1. The molecule has 0 aromatic heterocycles. The zero-order valence-corrected chi connectivity index (χ0v) is 9.09. The van der Waals surface area contributed by atoms with Crippen LogP contribution in [0.15, 0.2) is 0 Å². The lowest BCUT2D eigenvalue weighted by molar-refractivity contribution is 0.159. The maximum Gasteiger partial charge on any atom is 0.0646 e. The predicted octanol–water partition coefficient (Wildman–Crippen LogP) is 1.94. The predicted molar refractivity (Wildman–Crippen MR) is 56.2 cm³/mol. The zero-order valence-electron chi connectivity index (χ0n) is 9.09. The second-order valence-electron chi connectivity index (χ2n) is 5.79. The normalized spacial score (nSPS) is 51.6. The van der Waals surface area contributed by atoms with E-state index in [4.69, 9.17) is 4.74 Å². The van der Waals surface area contributed by atoms with E-state index in [1.54, 1.807) is 0 Å². The smallest absolute Gasteiger partial charge is 0.0646 e. The molecule has 2 heteroatoms. The lowest BCUT2D eigenvalue weighted by Crippen LogP contribution is -2.50. The number of rotatable bonds is 2. The highest BCUT2D eigenvalue weighted by Gasteiger charge is 2.42. The van der Waals surface area contributed by atoms with Crippen LogP contribution in [0, 0.1) is 11.8 Å². The molecule has 4 unspecified atom stereocenters. The minimum absolute atomic E-state index is 0.287. The van der Waals surface area contributed by atoms with Crippen molar-refractivity contribution in [2.24, 2.45) is 11.8 Å². The van der Waals surface area contributed by atoms with E-state index >= 15 is 0 Å². The summed E-state index contributed by atoms with van der Waals surface area (Å²) in [5, 5.41) is 3.86. The van der Waals surface area contributed by atoms with Gasteiger partial charge in [0.2, 0.25) is 0 Å². The van der Waals surface area contributed by atoms with Crippen LogP contribution in [0.5, 0.6) is 0 Å². The van der Waals surface area contributed by atoms with Gasteiger partial charge in [0.1, 0.15) is 0 Å². The molecule has 0 radical (unpaired) electrons. The van der Waals surface area contributed by atoms with E-state index in [1.807, 2.05) is 0 Å². The lowest BCUT2D eigenvalue weighted by atomic mass is 9.91. The lowest BCUT2D eigenvalue weighted by Gasteiger charge is -2.32. The molecule has 1 heterocycles. The summed E-state index contributed by atoms with van der Waals surface area (Å²) in [5.74, 6) is 2.03. The van der Waals surface area contributed by atoms with Crippen molar-refractivity contribution in [3.05, 3.63) is 0 Å². The fourth-order valence-electron chi connectivity index (χ4n) is 3.65. The summed E-state index contributed by atoms with van der Waals surface area (Å²) in [5.41, 5.74) is 0.287. The SMILES string of the molecule is CC1(NC2CC3CCC2C3)CCOC1. The molecule has 0 aromatic carbocycles. The second kappa shape index (κ2) is 3.21. The third kappa shape index (κ3) is 1.49. The summed E-state index contributed by atoms with van der Waals surface area (Å²) < 4.78 is 5.49. The van der Waals surface area contributed by atoms with E-state index in [9.17, 15) is 0 Å². The molecule has 3 fully saturated rings. The highest BCUT2D eigenvalue weighted by atomic mass is 16.5. The summed E-state index contributed by atoms with van der Waals surface area (Å²) in [6.07, 6.45) is 7.09. The maximum absolute atomic E-state index is 5.49. The van der Waals surface area contributed by atoms with Gasteiger partial charge in [-0.3, -0.25) is 0 Å². The summed E-state index contributed by atoms with van der Waals surface area (Å²) in [7, 11) is 0. The van der Waals surface area contributed by atoms with E-state index in [2.05, 4.69) is 12.2 Å². The van der Waals surface area contributed by atoms with Crippen molar-refractivity contribution >= 4 is 0 Å². The maximum atomic E-state index is 5.49. The first-order valence-electron chi connectivity index (χ1n) is 6.11. The Morgan fingerprint density at radius 2 is 2.21 bits per heavy atom.